The summed E-state index contributed by atoms with van der Waals surface area (Å²) in [5.41, 5.74) is 0. The highest BCUT2D eigenvalue weighted by atomic mass is 19.1. The van der Waals surface area contributed by atoms with E-state index in [9.17, 15) is 4.39 Å². The lowest BCUT2D eigenvalue weighted by atomic mass is 10.0. The molecular weight excluding hydrogens is 181 g/mol. The summed E-state index contributed by atoms with van der Waals surface area (Å²) < 4.78 is 12.6. The maximum atomic E-state index is 12.6. The minimum Gasteiger partial charge on any atom is -0.341 e. The first-order valence-corrected chi connectivity index (χ1v) is 4.98. The van der Waals surface area contributed by atoms with Gasteiger partial charge in [-0.1, -0.05) is 6.92 Å². The average molecular weight is 195 g/mol. The molecule has 0 amide bonds. The second kappa shape index (κ2) is 3.90. The van der Waals surface area contributed by atoms with Gasteiger partial charge < -0.3 is 4.90 Å². The molecule has 0 saturated carbocycles. The molecule has 2 heterocycles. The Balaban J connectivity index is 2.10. The van der Waals surface area contributed by atoms with Crippen molar-refractivity contribution in [2.24, 2.45) is 5.92 Å². The first-order chi connectivity index (χ1) is 6.75. The summed E-state index contributed by atoms with van der Waals surface area (Å²) in [5.74, 6) is 0.953. The molecule has 1 unspecified atom stereocenters. The predicted octanol–water partition coefficient (Wildman–Crippen LogP) is 1.85. The third kappa shape index (κ3) is 2.00. The van der Waals surface area contributed by atoms with E-state index in [2.05, 4.69) is 21.8 Å². The van der Waals surface area contributed by atoms with Gasteiger partial charge in [0.05, 0.1) is 12.4 Å². The van der Waals surface area contributed by atoms with Gasteiger partial charge in [-0.3, -0.25) is 0 Å². The van der Waals surface area contributed by atoms with Gasteiger partial charge in [0, 0.05) is 13.1 Å². The second-order valence-corrected chi connectivity index (χ2v) is 3.89. The Bertz CT molecular complexity index is 299. The largest absolute Gasteiger partial charge is 0.341 e. The standard InChI is InChI=1S/C10H14FN3/c1-8-3-2-4-14(7-8)10-12-5-9(11)6-13-10/h5-6,8H,2-4,7H2,1H3. The van der Waals surface area contributed by atoms with Crippen molar-refractivity contribution in [3.05, 3.63) is 18.2 Å². The summed E-state index contributed by atoms with van der Waals surface area (Å²) in [6.45, 7) is 4.18. The number of aromatic nitrogens is 2. The zero-order valence-corrected chi connectivity index (χ0v) is 8.28. The third-order valence-electron chi connectivity index (χ3n) is 2.55. The van der Waals surface area contributed by atoms with Crippen LogP contribution in [0.3, 0.4) is 0 Å². The normalized spacial score (nSPS) is 22.4. The van der Waals surface area contributed by atoms with Gasteiger partial charge >= 0.3 is 0 Å². The van der Waals surface area contributed by atoms with Gasteiger partial charge in [-0.25, -0.2) is 14.4 Å². The lowest BCUT2D eigenvalue weighted by Crippen LogP contribution is -2.35. The van der Waals surface area contributed by atoms with Crippen LogP contribution in [0.25, 0.3) is 0 Å². The van der Waals surface area contributed by atoms with Crippen molar-refractivity contribution in [3.63, 3.8) is 0 Å². The fourth-order valence-corrected chi connectivity index (χ4v) is 1.84. The van der Waals surface area contributed by atoms with Crippen molar-refractivity contribution in [1.29, 1.82) is 0 Å². The highest BCUT2D eigenvalue weighted by Gasteiger charge is 2.18. The van der Waals surface area contributed by atoms with Gasteiger partial charge in [0.2, 0.25) is 5.95 Å². The first-order valence-electron chi connectivity index (χ1n) is 4.98. The van der Waals surface area contributed by atoms with Crippen molar-refractivity contribution < 1.29 is 4.39 Å². The van der Waals surface area contributed by atoms with E-state index in [0.717, 1.165) is 13.1 Å². The minimum atomic E-state index is -0.376. The highest BCUT2D eigenvalue weighted by Crippen LogP contribution is 2.19. The van der Waals surface area contributed by atoms with Gasteiger partial charge in [-0.15, -0.1) is 0 Å². The zero-order chi connectivity index (χ0) is 9.97. The maximum Gasteiger partial charge on any atom is 0.225 e. The molecule has 0 aromatic carbocycles. The van der Waals surface area contributed by atoms with Crippen LogP contribution in [0.5, 0.6) is 0 Å². The van der Waals surface area contributed by atoms with Crippen LogP contribution in [0.2, 0.25) is 0 Å². The summed E-state index contributed by atoms with van der Waals surface area (Å²) >= 11 is 0. The first kappa shape index (κ1) is 9.37. The molecule has 0 spiro atoms. The quantitative estimate of drug-likeness (QED) is 0.684. The van der Waals surface area contributed by atoms with Gasteiger partial charge in [0.15, 0.2) is 5.82 Å². The molecule has 1 saturated heterocycles. The Labute approximate surface area is 83.0 Å². The molecule has 14 heavy (non-hydrogen) atoms. The summed E-state index contributed by atoms with van der Waals surface area (Å²) in [5, 5.41) is 0. The number of halogens is 1. The lowest BCUT2D eigenvalue weighted by molar-refractivity contribution is 0.441. The van der Waals surface area contributed by atoms with E-state index in [1.165, 1.54) is 25.2 Å². The topological polar surface area (TPSA) is 29.0 Å². The monoisotopic (exact) mass is 195 g/mol. The third-order valence-corrected chi connectivity index (χ3v) is 2.55. The summed E-state index contributed by atoms with van der Waals surface area (Å²) in [6, 6.07) is 0. The van der Waals surface area contributed by atoms with E-state index in [4.69, 9.17) is 0 Å². The fraction of sp³-hybridized carbons (Fsp3) is 0.600. The molecule has 1 aliphatic heterocycles. The summed E-state index contributed by atoms with van der Waals surface area (Å²) in [7, 11) is 0. The number of anilines is 1. The molecule has 4 heteroatoms. The van der Waals surface area contributed by atoms with Gasteiger partial charge in [0.25, 0.3) is 0 Å². The average Bonchev–Trinajstić information content (AvgIpc) is 2.19. The molecule has 0 bridgehead atoms. The Kier molecular flexibility index (Phi) is 2.61. The van der Waals surface area contributed by atoms with Crippen molar-refractivity contribution in [3.8, 4) is 0 Å². The van der Waals surface area contributed by atoms with E-state index in [1.807, 2.05) is 0 Å². The van der Waals surface area contributed by atoms with Crippen LogP contribution >= 0.6 is 0 Å². The lowest BCUT2D eigenvalue weighted by Gasteiger charge is -2.30. The molecule has 2 rings (SSSR count). The van der Waals surface area contributed by atoms with Gasteiger partial charge in [0.1, 0.15) is 0 Å². The molecule has 0 radical (unpaired) electrons. The van der Waals surface area contributed by atoms with Crippen molar-refractivity contribution in [2.45, 2.75) is 19.8 Å². The fourth-order valence-electron chi connectivity index (χ4n) is 1.84. The Morgan fingerprint density at radius 1 is 1.43 bits per heavy atom. The summed E-state index contributed by atoms with van der Waals surface area (Å²) in [4.78, 5) is 10.1. The van der Waals surface area contributed by atoms with Crippen LogP contribution in [0.4, 0.5) is 10.3 Å². The Hall–Kier alpha value is -1.19. The maximum absolute atomic E-state index is 12.6. The highest BCUT2D eigenvalue weighted by molar-refractivity contribution is 5.29. The molecular formula is C10H14FN3. The molecule has 76 valence electrons. The number of hydrogen-bond acceptors (Lipinski definition) is 3. The second-order valence-electron chi connectivity index (χ2n) is 3.89. The van der Waals surface area contributed by atoms with Crippen LogP contribution < -0.4 is 4.90 Å². The van der Waals surface area contributed by atoms with Crippen LogP contribution in [-0.2, 0) is 0 Å². The van der Waals surface area contributed by atoms with Gasteiger partial charge in [-0.2, -0.15) is 0 Å². The molecule has 1 fully saturated rings. The van der Waals surface area contributed by atoms with Crippen LogP contribution in [-0.4, -0.2) is 23.1 Å². The van der Waals surface area contributed by atoms with Crippen molar-refractivity contribution in [1.82, 2.24) is 9.97 Å². The minimum absolute atomic E-state index is 0.376. The summed E-state index contributed by atoms with van der Waals surface area (Å²) in [6.07, 6.45) is 4.88. The van der Waals surface area contributed by atoms with E-state index >= 15 is 0 Å². The van der Waals surface area contributed by atoms with Gasteiger partial charge in [-0.05, 0) is 18.8 Å². The molecule has 0 aliphatic carbocycles. The molecule has 1 aliphatic rings. The molecule has 1 atom stereocenters. The van der Waals surface area contributed by atoms with E-state index in [-0.39, 0.29) is 5.82 Å². The number of rotatable bonds is 1. The van der Waals surface area contributed by atoms with Crippen LogP contribution in [0.1, 0.15) is 19.8 Å². The van der Waals surface area contributed by atoms with E-state index < -0.39 is 0 Å². The molecule has 0 N–H and O–H groups in total. The van der Waals surface area contributed by atoms with E-state index in [1.54, 1.807) is 0 Å². The SMILES string of the molecule is CC1CCCN(c2ncc(F)cn2)C1. The Morgan fingerprint density at radius 2 is 2.14 bits per heavy atom. The number of hydrogen-bond donors (Lipinski definition) is 0. The molecule has 1 aromatic rings. The number of piperidine rings is 1. The Morgan fingerprint density at radius 3 is 2.79 bits per heavy atom. The zero-order valence-electron chi connectivity index (χ0n) is 8.28. The van der Waals surface area contributed by atoms with Crippen LogP contribution in [0.15, 0.2) is 12.4 Å². The van der Waals surface area contributed by atoms with Crippen molar-refractivity contribution in [2.75, 3.05) is 18.0 Å². The number of nitrogens with zero attached hydrogens (tertiary/aromatic N) is 3. The predicted molar refractivity (Wildman–Crippen MR) is 52.6 cm³/mol. The van der Waals surface area contributed by atoms with Crippen LogP contribution in [0, 0.1) is 11.7 Å². The van der Waals surface area contributed by atoms with E-state index in [0.29, 0.717) is 11.9 Å². The molecule has 3 nitrogen and oxygen atoms in total. The smallest absolute Gasteiger partial charge is 0.225 e. The van der Waals surface area contributed by atoms with Crippen molar-refractivity contribution >= 4 is 5.95 Å². The molecule has 1 aromatic heterocycles.